The molecule has 1 aliphatic rings. The van der Waals surface area contributed by atoms with Gasteiger partial charge in [-0.2, -0.15) is 0 Å². The Bertz CT molecular complexity index is 1390. The Labute approximate surface area is 216 Å². The molecular formula is C28H28N6OS. The maximum absolute atomic E-state index is 12.3. The minimum absolute atomic E-state index is 0.00778. The number of hydrogen-bond acceptors (Lipinski definition) is 4. The monoisotopic (exact) mass is 496 g/mol. The molecule has 36 heavy (non-hydrogen) atoms. The SMILES string of the molecule is Cc1cc(N2C(=S)N[C@@H](c3ccccn3)[C@H]2c2cccn2-c2cccnc2)ccc1NC(=O)C(C)C. The van der Waals surface area contributed by atoms with Crippen molar-refractivity contribution in [1.82, 2.24) is 19.9 Å². The fourth-order valence-corrected chi connectivity index (χ4v) is 4.86. The summed E-state index contributed by atoms with van der Waals surface area (Å²) in [5.41, 5.74) is 5.64. The molecule has 0 aliphatic carbocycles. The molecule has 2 atom stereocenters. The van der Waals surface area contributed by atoms with Gasteiger partial charge in [0.05, 0.1) is 23.6 Å². The summed E-state index contributed by atoms with van der Waals surface area (Å²) in [7, 11) is 0. The molecule has 0 unspecified atom stereocenters. The molecule has 0 bridgehead atoms. The highest BCUT2D eigenvalue weighted by atomic mass is 32.1. The Balaban J connectivity index is 1.59. The van der Waals surface area contributed by atoms with Gasteiger partial charge in [-0.15, -0.1) is 0 Å². The van der Waals surface area contributed by atoms with Crippen LogP contribution in [0.1, 0.15) is 42.9 Å². The molecule has 3 aromatic heterocycles. The first-order valence-electron chi connectivity index (χ1n) is 11.9. The fourth-order valence-electron chi connectivity index (χ4n) is 4.51. The fraction of sp³-hybridized carbons (Fsp3) is 0.214. The molecule has 1 saturated heterocycles. The molecule has 1 fully saturated rings. The van der Waals surface area contributed by atoms with Gasteiger partial charge in [0.15, 0.2) is 5.11 Å². The highest BCUT2D eigenvalue weighted by Crippen LogP contribution is 2.42. The van der Waals surface area contributed by atoms with Crippen LogP contribution in [0.25, 0.3) is 5.69 Å². The van der Waals surface area contributed by atoms with Crippen LogP contribution < -0.4 is 15.5 Å². The lowest BCUT2D eigenvalue weighted by Gasteiger charge is -2.29. The van der Waals surface area contributed by atoms with Crippen molar-refractivity contribution in [3.05, 3.63) is 102 Å². The van der Waals surface area contributed by atoms with E-state index in [9.17, 15) is 4.79 Å². The Morgan fingerprint density at radius 3 is 2.61 bits per heavy atom. The van der Waals surface area contributed by atoms with Gasteiger partial charge >= 0.3 is 0 Å². The van der Waals surface area contributed by atoms with E-state index in [1.165, 1.54) is 0 Å². The second kappa shape index (κ2) is 9.91. The number of pyridine rings is 2. The Kier molecular flexibility index (Phi) is 6.52. The molecule has 182 valence electrons. The van der Waals surface area contributed by atoms with E-state index in [0.29, 0.717) is 5.11 Å². The van der Waals surface area contributed by atoms with Crippen LogP contribution in [-0.4, -0.2) is 25.6 Å². The lowest BCUT2D eigenvalue weighted by Crippen LogP contribution is -2.30. The molecular weight excluding hydrogens is 468 g/mol. The van der Waals surface area contributed by atoms with Crippen LogP contribution in [0.15, 0.2) is 85.5 Å². The quantitative estimate of drug-likeness (QED) is 0.351. The zero-order valence-corrected chi connectivity index (χ0v) is 21.2. The number of carbonyl (C=O) groups is 1. The zero-order chi connectivity index (χ0) is 25.2. The van der Waals surface area contributed by atoms with Gasteiger partial charge in [0.1, 0.15) is 6.04 Å². The van der Waals surface area contributed by atoms with Gasteiger partial charge in [0.25, 0.3) is 0 Å². The van der Waals surface area contributed by atoms with E-state index in [2.05, 4.69) is 42.2 Å². The van der Waals surface area contributed by atoms with Gasteiger partial charge in [0.2, 0.25) is 5.91 Å². The van der Waals surface area contributed by atoms with Crippen LogP contribution in [0.3, 0.4) is 0 Å². The first-order chi connectivity index (χ1) is 17.4. The average Bonchev–Trinajstić information content (AvgIpc) is 3.50. The van der Waals surface area contributed by atoms with E-state index in [4.69, 9.17) is 12.2 Å². The van der Waals surface area contributed by atoms with E-state index in [0.717, 1.165) is 34.0 Å². The zero-order valence-electron chi connectivity index (χ0n) is 20.4. The van der Waals surface area contributed by atoms with Crippen molar-refractivity contribution in [3.63, 3.8) is 0 Å². The van der Waals surface area contributed by atoms with Gasteiger partial charge in [-0.25, -0.2) is 0 Å². The van der Waals surface area contributed by atoms with Crippen molar-refractivity contribution < 1.29 is 4.79 Å². The molecule has 5 rings (SSSR count). The number of amides is 1. The van der Waals surface area contributed by atoms with Crippen molar-refractivity contribution in [1.29, 1.82) is 0 Å². The Morgan fingerprint density at radius 2 is 1.92 bits per heavy atom. The smallest absolute Gasteiger partial charge is 0.226 e. The van der Waals surface area contributed by atoms with Crippen LogP contribution in [0.5, 0.6) is 0 Å². The van der Waals surface area contributed by atoms with E-state index < -0.39 is 0 Å². The van der Waals surface area contributed by atoms with Crippen LogP contribution >= 0.6 is 12.2 Å². The van der Waals surface area contributed by atoms with Gasteiger partial charge in [-0.1, -0.05) is 19.9 Å². The predicted octanol–water partition coefficient (Wildman–Crippen LogP) is 5.35. The molecule has 1 aromatic carbocycles. The maximum Gasteiger partial charge on any atom is 0.226 e. The molecule has 0 radical (unpaired) electrons. The molecule has 1 aliphatic heterocycles. The third-order valence-electron chi connectivity index (χ3n) is 6.38. The molecule has 1 amide bonds. The number of aryl methyl sites for hydroxylation is 1. The maximum atomic E-state index is 12.3. The summed E-state index contributed by atoms with van der Waals surface area (Å²) in [5.74, 6) is -0.102. The number of rotatable bonds is 6. The number of benzene rings is 1. The summed E-state index contributed by atoms with van der Waals surface area (Å²) in [6.07, 6.45) is 7.46. The Morgan fingerprint density at radius 1 is 1.06 bits per heavy atom. The van der Waals surface area contributed by atoms with E-state index in [1.54, 1.807) is 12.4 Å². The summed E-state index contributed by atoms with van der Waals surface area (Å²) in [6, 6.07) is 19.7. The number of anilines is 2. The summed E-state index contributed by atoms with van der Waals surface area (Å²) >= 11 is 5.89. The molecule has 2 N–H and O–H groups in total. The third-order valence-corrected chi connectivity index (χ3v) is 6.69. The minimum atomic E-state index is -0.168. The van der Waals surface area contributed by atoms with Crippen molar-refractivity contribution >= 4 is 34.6 Å². The summed E-state index contributed by atoms with van der Waals surface area (Å²) in [4.78, 5) is 23.4. The number of carbonyl (C=O) groups excluding carboxylic acids is 1. The summed E-state index contributed by atoms with van der Waals surface area (Å²) in [5, 5.41) is 7.15. The standard InChI is InChI=1S/C28H28N6OS/c1-18(2)27(35)31-22-12-11-20(16-19(22)3)34-26(25(32-28(34)36)23-9-4-5-14-30-23)24-10-7-15-33(24)21-8-6-13-29-17-21/h4-18,25-26H,1-3H3,(H,31,35)(H,32,36)/t25-,26+/m0/s1. The lowest BCUT2D eigenvalue weighted by molar-refractivity contribution is -0.118. The number of nitrogens with one attached hydrogen (secondary N) is 2. The molecule has 0 spiro atoms. The second-order valence-corrected chi connectivity index (χ2v) is 9.54. The first-order valence-corrected chi connectivity index (χ1v) is 12.3. The Hall–Kier alpha value is -4.04. The molecule has 8 heteroatoms. The average molecular weight is 497 g/mol. The topological polar surface area (TPSA) is 75.1 Å². The van der Waals surface area contributed by atoms with Gasteiger partial charge in [-0.05, 0) is 79.3 Å². The number of thiocarbonyl (C=S) groups is 1. The van der Waals surface area contributed by atoms with Crippen molar-refractivity contribution in [3.8, 4) is 5.69 Å². The van der Waals surface area contributed by atoms with Crippen LogP contribution in [0.2, 0.25) is 0 Å². The first kappa shape index (κ1) is 23.7. The molecule has 4 heterocycles. The van der Waals surface area contributed by atoms with Crippen molar-refractivity contribution in [2.45, 2.75) is 32.9 Å². The normalized spacial score (nSPS) is 17.3. The minimum Gasteiger partial charge on any atom is -0.351 e. The summed E-state index contributed by atoms with van der Waals surface area (Å²) in [6.45, 7) is 5.76. The van der Waals surface area contributed by atoms with Crippen LogP contribution in [0.4, 0.5) is 11.4 Å². The number of aromatic nitrogens is 3. The van der Waals surface area contributed by atoms with Gasteiger partial charge in [0, 0.05) is 41.6 Å². The highest BCUT2D eigenvalue weighted by Gasteiger charge is 2.42. The van der Waals surface area contributed by atoms with Gasteiger partial charge < -0.3 is 20.1 Å². The molecule has 7 nitrogen and oxygen atoms in total. The second-order valence-electron chi connectivity index (χ2n) is 9.15. The van der Waals surface area contributed by atoms with Crippen LogP contribution in [-0.2, 0) is 4.79 Å². The molecule has 0 saturated carbocycles. The summed E-state index contributed by atoms with van der Waals surface area (Å²) < 4.78 is 2.14. The highest BCUT2D eigenvalue weighted by molar-refractivity contribution is 7.80. The van der Waals surface area contributed by atoms with E-state index in [-0.39, 0.29) is 23.9 Å². The molecule has 4 aromatic rings. The number of nitrogens with zero attached hydrogens (tertiary/aromatic N) is 4. The van der Waals surface area contributed by atoms with E-state index in [1.807, 2.05) is 81.7 Å². The number of hydrogen-bond donors (Lipinski definition) is 2. The van der Waals surface area contributed by atoms with Gasteiger partial charge in [-0.3, -0.25) is 14.8 Å². The lowest BCUT2D eigenvalue weighted by atomic mass is 10.0. The van der Waals surface area contributed by atoms with Crippen molar-refractivity contribution in [2.24, 2.45) is 5.92 Å². The van der Waals surface area contributed by atoms with Crippen molar-refractivity contribution in [2.75, 3.05) is 10.2 Å². The van der Waals surface area contributed by atoms with E-state index >= 15 is 0 Å². The third kappa shape index (κ3) is 4.47. The largest absolute Gasteiger partial charge is 0.351 e. The predicted molar refractivity (Wildman–Crippen MR) is 146 cm³/mol. The van der Waals surface area contributed by atoms with Crippen LogP contribution in [0, 0.1) is 12.8 Å².